The van der Waals surface area contributed by atoms with E-state index >= 15 is 0 Å². The predicted octanol–water partition coefficient (Wildman–Crippen LogP) is 2.79. The standard InChI is InChI=1S/C17H10FN3O2/c18-13-6-3-5-11-15(13)20-9-12(16(11)22)17(23)21-14-7-2-1-4-10(14)8-19/h1-7,9H,(H,20,22)(H,21,23). The van der Waals surface area contributed by atoms with Crippen molar-refractivity contribution < 1.29 is 9.18 Å². The molecule has 2 aromatic carbocycles. The minimum Gasteiger partial charge on any atom is -0.358 e. The van der Waals surface area contributed by atoms with Crippen molar-refractivity contribution in [2.45, 2.75) is 0 Å². The molecule has 23 heavy (non-hydrogen) atoms. The number of amides is 1. The number of rotatable bonds is 2. The minimum absolute atomic E-state index is 0.0477. The highest BCUT2D eigenvalue weighted by Crippen LogP contribution is 2.16. The van der Waals surface area contributed by atoms with Crippen molar-refractivity contribution in [3.05, 3.63) is 75.8 Å². The zero-order valence-electron chi connectivity index (χ0n) is 11.8. The maximum Gasteiger partial charge on any atom is 0.261 e. The smallest absolute Gasteiger partial charge is 0.261 e. The number of benzene rings is 2. The Kier molecular flexibility index (Phi) is 3.61. The second-order valence-corrected chi connectivity index (χ2v) is 4.81. The Bertz CT molecular complexity index is 1020. The Morgan fingerprint density at radius 3 is 2.74 bits per heavy atom. The lowest BCUT2D eigenvalue weighted by molar-refractivity contribution is 0.102. The van der Waals surface area contributed by atoms with Gasteiger partial charge in [-0.15, -0.1) is 0 Å². The number of nitriles is 1. The largest absolute Gasteiger partial charge is 0.358 e. The molecule has 1 heterocycles. The third-order valence-corrected chi connectivity index (χ3v) is 3.40. The molecule has 1 aromatic heterocycles. The van der Waals surface area contributed by atoms with Crippen molar-refractivity contribution in [1.82, 2.24) is 4.98 Å². The number of aromatic amines is 1. The molecule has 6 heteroatoms. The van der Waals surface area contributed by atoms with Gasteiger partial charge in [-0.25, -0.2) is 4.39 Å². The first-order valence-corrected chi connectivity index (χ1v) is 6.72. The summed E-state index contributed by atoms with van der Waals surface area (Å²) < 4.78 is 13.6. The van der Waals surface area contributed by atoms with Gasteiger partial charge in [0.25, 0.3) is 5.91 Å². The molecule has 0 saturated heterocycles. The van der Waals surface area contributed by atoms with Crippen LogP contribution in [0.4, 0.5) is 10.1 Å². The normalized spacial score (nSPS) is 10.3. The number of hydrogen-bond acceptors (Lipinski definition) is 3. The van der Waals surface area contributed by atoms with Crippen LogP contribution in [-0.2, 0) is 0 Å². The van der Waals surface area contributed by atoms with Crippen LogP contribution in [0.1, 0.15) is 15.9 Å². The van der Waals surface area contributed by atoms with Crippen molar-refractivity contribution in [3.63, 3.8) is 0 Å². The molecule has 2 N–H and O–H groups in total. The number of hydrogen-bond donors (Lipinski definition) is 2. The molecule has 0 fully saturated rings. The molecule has 1 amide bonds. The maximum atomic E-state index is 13.6. The van der Waals surface area contributed by atoms with E-state index in [0.717, 1.165) is 6.20 Å². The van der Waals surface area contributed by atoms with E-state index in [-0.39, 0.29) is 22.0 Å². The molecule has 0 bridgehead atoms. The van der Waals surface area contributed by atoms with Gasteiger partial charge in [-0.3, -0.25) is 9.59 Å². The average Bonchev–Trinajstić information content (AvgIpc) is 2.56. The van der Waals surface area contributed by atoms with Gasteiger partial charge in [0.15, 0.2) is 0 Å². The van der Waals surface area contributed by atoms with Crippen LogP contribution in [0.25, 0.3) is 10.9 Å². The number of anilines is 1. The summed E-state index contributed by atoms with van der Waals surface area (Å²) in [5.74, 6) is -1.23. The average molecular weight is 307 g/mol. The summed E-state index contributed by atoms with van der Waals surface area (Å²) in [5.41, 5.74) is -0.102. The van der Waals surface area contributed by atoms with E-state index in [1.54, 1.807) is 24.3 Å². The molecule has 0 saturated carbocycles. The topological polar surface area (TPSA) is 85.8 Å². The fraction of sp³-hybridized carbons (Fsp3) is 0. The molecule has 0 aliphatic heterocycles. The molecular formula is C17H10FN3O2. The molecule has 3 aromatic rings. The number of pyridine rings is 1. The Labute approximate surface area is 130 Å². The number of nitrogens with one attached hydrogen (secondary N) is 2. The zero-order valence-corrected chi connectivity index (χ0v) is 11.8. The fourth-order valence-corrected chi connectivity index (χ4v) is 2.26. The second-order valence-electron chi connectivity index (χ2n) is 4.81. The van der Waals surface area contributed by atoms with Crippen LogP contribution in [0.5, 0.6) is 0 Å². The number of H-pyrrole nitrogens is 1. The van der Waals surface area contributed by atoms with E-state index < -0.39 is 17.2 Å². The SMILES string of the molecule is N#Cc1ccccc1NC(=O)c1c[nH]c2c(F)cccc2c1=O. The Morgan fingerprint density at radius 1 is 1.17 bits per heavy atom. The van der Waals surface area contributed by atoms with Gasteiger partial charge in [0, 0.05) is 11.6 Å². The lowest BCUT2D eigenvalue weighted by atomic mass is 10.1. The summed E-state index contributed by atoms with van der Waals surface area (Å²) in [6.07, 6.45) is 1.16. The number of fused-ring (bicyclic) bond motifs is 1. The molecule has 5 nitrogen and oxygen atoms in total. The van der Waals surface area contributed by atoms with Crippen LogP contribution in [0, 0.1) is 17.1 Å². The van der Waals surface area contributed by atoms with E-state index in [2.05, 4.69) is 10.3 Å². The van der Waals surface area contributed by atoms with Gasteiger partial charge in [0.1, 0.15) is 17.4 Å². The van der Waals surface area contributed by atoms with Gasteiger partial charge >= 0.3 is 0 Å². The summed E-state index contributed by atoms with van der Waals surface area (Å²) >= 11 is 0. The van der Waals surface area contributed by atoms with Crippen LogP contribution in [0.3, 0.4) is 0 Å². The van der Waals surface area contributed by atoms with Crippen molar-refractivity contribution in [3.8, 4) is 6.07 Å². The number of carbonyl (C=O) groups excluding carboxylic acids is 1. The van der Waals surface area contributed by atoms with Crippen molar-refractivity contribution in [2.75, 3.05) is 5.32 Å². The molecule has 0 aliphatic carbocycles. The second kappa shape index (κ2) is 5.73. The highest BCUT2D eigenvalue weighted by Gasteiger charge is 2.15. The minimum atomic E-state index is -0.667. The first-order valence-electron chi connectivity index (χ1n) is 6.72. The lowest BCUT2D eigenvalue weighted by Crippen LogP contribution is -2.22. The van der Waals surface area contributed by atoms with Gasteiger partial charge in [-0.2, -0.15) is 5.26 Å². The van der Waals surface area contributed by atoms with Crippen LogP contribution >= 0.6 is 0 Å². The van der Waals surface area contributed by atoms with Gasteiger partial charge in [0.2, 0.25) is 5.43 Å². The Balaban J connectivity index is 2.04. The van der Waals surface area contributed by atoms with E-state index in [9.17, 15) is 14.0 Å². The third kappa shape index (κ3) is 2.56. The van der Waals surface area contributed by atoms with Crippen LogP contribution in [-0.4, -0.2) is 10.9 Å². The lowest BCUT2D eigenvalue weighted by Gasteiger charge is -2.07. The van der Waals surface area contributed by atoms with E-state index in [1.165, 1.54) is 18.2 Å². The van der Waals surface area contributed by atoms with E-state index in [1.807, 2.05) is 6.07 Å². The third-order valence-electron chi connectivity index (χ3n) is 3.40. The summed E-state index contributed by atoms with van der Waals surface area (Å²) in [7, 11) is 0. The van der Waals surface area contributed by atoms with Crippen LogP contribution in [0.2, 0.25) is 0 Å². The van der Waals surface area contributed by atoms with Crippen molar-refractivity contribution in [1.29, 1.82) is 5.26 Å². The van der Waals surface area contributed by atoms with E-state index in [0.29, 0.717) is 5.69 Å². The molecular weight excluding hydrogens is 297 g/mol. The van der Waals surface area contributed by atoms with Crippen molar-refractivity contribution in [2.24, 2.45) is 0 Å². The first-order chi connectivity index (χ1) is 11.1. The van der Waals surface area contributed by atoms with Gasteiger partial charge in [0.05, 0.1) is 16.8 Å². The molecule has 3 rings (SSSR count). The Hall–Kier alpha value is -3.46. The fourth-order valence-electron chi connectivity index (χ4n) is 2.26. The predicted molar refractivity (Wildman–Crippen MR) is 83.6 cm³/mol. The molecule has 0 atom stereocenters. The highest BCUT2D eigenvalue weighted by molar-refractivity contribution is 6.06. The molecule has 0 aliphatic rings. The Morgan fingerprint density at radius 2 is 1.96 bits per heavy atom. The number of halogens is 1. The number of carbonyl (C=O) groups is 1. The van der Waals surface area contributed by atoms with Gasteiger partial charge in [-0.1, -0.05) is 18.2 Å². The monoisotopic (exact) mass is 307 g/mol. The number of para-hydroxylation sites is 2. The zero-order chi connectivity index (χ0) is 16.4. The van der Waals surface area contributed by atoms with Crippen LogP contribution in [0.15, 0.2) is 53.5 Å². The molecule has 0 unspecified atom stereocenters. The molecule has 0 spiro atoms. The summed E-state index contributed by atoms with van der Waals surface area (Å²) in [6, 6.07) is 12.5. The molecule has 0 radical (unpaired) electrons. The number of nitrogens with zero attached hydrogens (tertiary/aromatic N) is 1. The van der Waals surface area contributed by atoms with Gasteiger partial charge in [-0.05, 0) is 24.3 Å². The van der Waals surface area contributed by atoms with E-state index in [4.69, 9.17) is 5.26 Å². The van der Waals surface area contributed by atoms with Crippen LogP contribution < -0.4 is 10.7 Å². The molecule has 112 valence electrons. The summed E-state index contributed by atoms with van der Waals surface area (Å²) in [5, 5.41) is 11.6. The number of aromatic nitrogens is 1. The highest BCUT2D eigenvalue weighted by atomic mass is 19.1. The quantitative estimate of drug-likeness (QED) is 0.763. The summed E-state index contributed by atoms with van der Waals surface area (Å²) in [6.45, 7) is 0. The summed E-state index contributed by atoms with van der Waals surface area (Å²) in [4.78, 5) is 27.3. The maximum absolute atomic E-state index is 13.6. The van der Waals surface area contributed by atoms with Gasteiger partial charge < -0.3 is 10.3 Å². The van der Waals surface area contributed by atoms with Crippen molar-refractivity contribution >= 4 is 22.5 Å². The first kappa shape index (κ1) is 14.5.